The molecule has 6 heteroatoms. The van der Waals surface area contributed by atoms with Gasteiger partial charge in [-0.2, -0.15) is 5.26 Å². The van der Waals surface area contributed by atoms with Crippen molar-refractivity contribution in [2.75, 3.05) is 13.2 Å². The monoisotopic (exact) mass is 291 g/mol. The van der Waals surface area contributed by atoms with Crippen molar-refractivity contribution in [1.82, 2.24) is 5.32 Å². The number of rotatable bonds is 8. The van der Waals surface area contributed by atoms with Gasteiger partial charge in [0, 0.05) is 6.07 Å². The largest absolute Gasteiger partial charge is 0.493 e. The highest BCUT2D eigenvalue weighted by Crippen LogP contribution is 2.27. The molecule has 0 saturated carbocycles. The summed E-state index contributed by atoms with van der Waals surface area (Å²) in [6.45, 7) is 6.64. The predicted octanol–water partition coefficient (Wildman–Crippen LogP) is 2.95. The van der Waals surface area contributed by atoms with Crippen LogP contribution in [-0.2, 0) is 0 Å². The Bertz CT molecular complexity index is 539. The van der Waals surface area contributed by atoms with Crippen LogP contribution in [0.25, 0.3) is 0 Å². The van der Waals surface area contributed by atoms with Crippen molar-refractivity contribution in [2.24, 2.45) is 0 Å². The Kier molecular flexibility index (Phi) is 6.12. The molecule has 0 aliphatic rings. The molecule has 0 aliphatic heterocycles. The second-order valence-electron chi connectivity index (χ2n) is 5.08. The topological polar surface area (TPSA) is 88.2 Å². The SMILES string of the molecule is CCNC(C)(C#N)CCCOc1cccc([N+](=O)[O-])c1C. The van der Waals surface area contributed by atoms with Crippen LogP contribution < -0.4 is 10.1 Å². The number of ether oxygens (including phenoxy) is 1. The number of nitro benzene ring substituents is 1. The minimum absolute atomic E-state index is 0.0574. The molecule has 114 valence electrons. The number of hydrogen-bond acceptors (Lipinski definition) is 5. The smallest absolute Gasteiger partial charge is 0.276 e. The lowest BCUT2D eigenvalue weighted by molar-refractivity contribution is -0.385. The van der Waals surface area contributed by atoms with Gasteiger partial charge in [0.25, 0.3) is 5.69 Å². The van der Waals surface area contributed by atoms with Crippen molar-refractivity contribution in [2.45, 2.75) is 39.2 Å². The summed E-state index contributed by atoms with van der Waals surface area (Å²) in [7, 11) is 0. The first-order chi connectivity index (χ1) is 9.93. The number of nitro groups is 1. The molecular formula is C15H21N3O3. The van der Waals surface area contributed by atoms with E-state index in [1.807, 2.05) is 13.8 Å². The van der Waals surface area contributed by atoms with Gasteiger partial charge in [0.05, 0.1) is 23.2 Å². The van der Waals surface area contributed by atoms with Gasteiger partial charge in [-0.1, -0.05) is 13.0 Å². The van der Waals surface area contributed by atoms with Gasteiger partial charge in [0.1, 0.15) is 11.3 Å². The molecule has 0 bridgehead atoms. The number of nitrogens with one attached hydrogen (secondary N) is 1. The molecule has 0 amide bonds. The van der Waals surface area contributed by atoms with Gasteiger partial charge in [-0.3, -0.25) is 15.4 Å². The van der Waals surface area contributed by atoms with Crippen molar-refractivity contribution < 1.29 is 9.66 Å². The number of nitrogens with zero attached hydrogens (tertiary/aromatic N) is 2. The van der Waals surface area contributed by atoms with Gasteiger partial charge in [-0.25, -0.2) is 0 Å². The zero-order valence-electron chi connectivity index (χ0n) is 12.7. The Labute approximate surface area is 124 Å². The molecule has 1 aromatic carbocycles. The second kappa shape index (κ2) is 7.60. The molecule has 1 aromatic rings. The summed E-state index contributed by atoms with van der Waals surface area (Å²) in [5, 5.41) is 23.1. The molecule has 21 heavy (non-hydrogen) atoms. The predicted molar refractivity (Wildman–Crippen MR) is 80.3 cm³/mol. The molecule has 1 rings (SSSR count). The second-order valence-corrected chi connectivity index (χ2v) is 5.08. The van der Waals surface area contributed by atoms with Crippen LogP contribution in [0.4, 0.5) is 5.69 Å². The molecular weight excluding hydrogens is 270 g/mol. The number of benzene rings is 1. The van der Waals surface area contributed by atoms with Crippen LogP contribution in [0.1, 0.15) is 32.3 Å². The molecule has 1 N–H and O–H groups in total. The first-order valence-electron chi connectivity index (χ1n) is 6.96. The Morgan fingerprint density at radius 1 is 1.52 bits per heavy atom. The minimum Gasteiger partial charge on any atom is -0.493 e. The zero-order valence-corrected chi connectivity index (χ0v) is 12.7. The molecule has 1 atom stereocenters. The summed E-state index contributed by atoms with van der Waals surface area (Å²) < 4.78 is 5.60. The standard InChI is InChI=1S/C15H21N3O3/c1-4-17-15(3,11-16)9-6-10-21-14-8-5-7-13(12(14)2)18(19)20/h5,7-8,17H,4,6,9-10H2,1-3H3. The van der Waals surface area contributed by atoms with Crippen molar-refractivity contribution in [3.63, 3.8) is 0 Å². The number of nitriles is 1. The van der Waals surface area contributed by atoms with E-state index in [2.05, 4.69) is 11.4 Å². The lowest BCUT2D eigenvalue weighted by atomic mass is 9.98. The van der Waals surface area contributed by atoms with Crippen molar-refractivity contribution in [3.05, 3.63) is 33.9 Å². The van der Waals surface area contributed by atoms with E-state index in [0.717, 1.165) is 6.54 Å². The lowest BCUT2D eigenvalue weighted by Gasteiger charge is -2.22. The van der Waals surface area contributed by atoms with Crippen LogP contribution in [0.2, 0.25) is 0 Å². The van der Waals surface area contributed by atoms with Crippen LogP contribution in [0, 0.1) is 28.4 Å². The lowest BCUT2D eigenvalue weighted by Crippen LogP contribution is -2.40. The fraction of sp³-hybridized carbons (Fsp3) is 0.533. The Morgan fingerprint density at radius 2 is 2.24 bits per heavy atom. The average Bonchev–Trinajstić information content (AvgIpc) is 2.45. The maximum Gasteiger partial charge on any atom is 0.276 e. The van der Waals surface area contributed by atoms with Crippen LogP contribution >= 0.6 is 0 Å². The zero-order chi connectivity index (χ0) is 15.9. The summed E-state index contributed by atoms with van der Waals surface area (Å²) in [6.07, 6.45) is 1.35. The number of hydrogen-bond donors (Lipinski definition) is 1. The third-order valence-electron chi connectivity index (χ3n) is 3.34. The summed E-state index contributed by atoms with van der Waals surface area (Å²) in [4.78, 5) is 10.4. The van der Waals surface area contributed by atoms with Crippen molar-refractivity contribution in [1.29, 1.82) is 5.26 Å². The van der Waals surface area contributed by atoms with E-state index >= 15 is 0 Å². The van der Waals surface area contributed by atoms with E-state index in [1.165, 1.54) is 6.07 Å². The van der Waals surface area contributed by atoms with E-state index in [4.69, 9.17) is 10.00 Å². The fourth-order valence-electron chi connectivity index (χ4n) is 2.14. The Morgan fingerprint density at radius 3 is 2.81 bits per heavy atom. The molecule has 0 radical (unpaired) electrons. The van der Waals surface area contributed by atoms with E-state index in [-0.39, 0.29) is 5.69 Å². The maximum absolute atomic E-state index is 10.9. The van der Waals surface area contributed by atoms with Gasteiger partial charge in [0.2, 0.25) is 0 Å². The van der Waals surface area contributed by atoms with Gasteiger partial charge in [0.15, 0.2) is 0 Å². The highest BCUT2D eigenvalue weighted by molar-refractivity contribution is 5.48. The molecule has 0 spiro atoms. The van der Waals surface area contributed by atoms with Crippen LogP contribution in [0.5, 0.6) is 5.75 Å². The van der Waals surface area contributed by atoms with E-state index in [9.17, 15) is 10.1 Å². The molecule has 1 unspecified atom stereocenters. The highest BCUT2D eigenvalue weighted by Gasteiger charge is 2.21. The van der Waals surface area contributed by atoms with Crippen LogP contribution in [0.3, 0.4) is 0 Å². The van der Waals surface area contributed by atoms with Gasteiger partial charge in [-0.05, 0) is 39.3 Å². The van der Waals surface area contributed by atoms with Crippen LogP contribution in [0.15, 0.2) is 18.2 Å². The van der Waals surface area contributed by atoms with Gasteiger partial charge >= 0.3 is 0 Å². The van der Waals surface area contributed by atoms with Crippen molar-refractivity contribution in [3.8, 4) is 11.8 Å². The molecule has 6 nitrogen and oxygen atoms in total. The molecule has 0 heterocycles. The highest BCUT2D eigenvalue weighted by atomic mass is 16.6. The van der Waals surface area contributed by atoms with E-state index in [1.54, 1.807) is 19.1 Å². The average molecular weight is 291 g/mol. The Hall–Kier alpha value is -2.13. The van der Waals surface area contributed by atoms with Crippen LogP contribution in [-0.4, -0.2) is 23.6 Å². The first-order valence-corrected chi connectivity index (χ1v) is 6.96. The molecule has 0 aliphatic carbocycles. The maximum atomic E-state index is 10.9. The van der Waals surface area contributed by atoms with Gasteiger partial charge in [-0.15, -0.1) is 0 Å². The normalized spacial score (nSPS) is 13.2. The molecule has 0 saturated heterocycles. The molecule has 0 fully saturated rings. The summed E-state index contributed by atoms with van der Waals surface area (Å²) in [6, 6.07) is 7.04. The molecule has 0 aromatic heterocycles. The third-order valence-corrected chi connectivity index (χ3v) is 3.34. The summed E-state index contributed by atoms with van der Waals surface area (Å²) in [5.74, 6) is 0.520. The third kappa shape index (κ3) is 4.72. The Balaban J connectivity index is 2.56. The fourth-order valence-corrected chi connectivity index (χ4v) is 2.14. The van der Waals surface area contributed by atoms with Gasteiger partial charge < -0.3 is 4.74 Å². The van der Waals surface area contributed by atoms with E-state index < -0.39 is 10.5 Å². The first kappa shape index (κ1) is 16.9. The summed E-state index contributed by atoms with van der Waals surface area (Å²) in [5.41, 5.74) is 0.0229. The van der Waals surface area contributed by atoms with E-state index in [0.29, 0.717) is 30.8 Å². The summed E-state index contributed by atoms with van der Waals surface area (Å²) >= 11 is 0. The minimum atomic E-state index is -0.560. The van der Waals surface area contributed by atoms with Crippen molar-refractivity contribution >= 4 is 5.69 Å². The quantitative estimate of drug-likeness (QED) is 0.452.